The zero-order chi connectivity index (χ0) is 15.9. The van der Waals surface area contributed by atoms with Crippen LogP contribution in [-0.4, -0.2) is 5.11 Å². The Kier molecular flexibility index (Phi) is 5.45. The number of thiocarbonyl (C=S) groups is 1. The molecule has 0 saturated heterocycles. The Morgan fingerprint density at radius 2 is 1.82 bits per heavy atom. The predicted octanol–water partition coefficient (Wildman–Crippen LogP) is 3.94. The van der Waals surface area contributed by atoms with Gasteiger partial charge in [-0.3, -0.25) is 0 Å². The number of hydrogen-bond donors (Lipinski definition) is 2. The van der Waals surface area contributed by atoms with E-state index in [1.807, 2.05) is 31.2 Å². The molecule has 2 aromatic carbocycles. The van der Waals surface area contributed by atoms with Crippen LogP contribution in [0.2, 0.25) is 0 Å². The molecule has 0 heterocycles. The lowest BCUT2D eigenvalue weighted by Gasteiger charge is -2.17. The van der Waals surface area contributed by atoms with Gasteiger partial charge in [-0.15, -0.1) is 0 Å². The first kappa shape index (κ1) is 15.9. The van der Waals surface area contributed by atoms with Gasteiger partial charge in [0.25, 0.3) is 0 Å². The zero-order valence-electron chi connectivity index (χ0n) is 12.1. The van der Waals surface area contributed by atoms with Crippen molar-refractivity contribution in [3.63, 3.8) is 0 Å². The summed E-state index contributed by atoms with van der Waals surface area (Å²) in [5.74, 6) is -0.255. The van der Waals surface area contributed by atoms with E-state index >= 15 is 0 Å². The third-order valence-corrected chi connectivity index (χ3v) is 3.43. The van der Waals surface area contributed by atoms with E-state index in [1.54, 1.807) is 12.1 Å². The molecule has 112 valence electrons. The van der Waals surface area contributed by atoms with Crippen LogP contribution in [0.4, 0.5) is 10.1 Å². The molecule has 22 heavy (non-hydrogen) atoms. The van der Waals surface area contributed by atoms with Crippen molar-refractivity contribution in [2.75, 3.05) is 5.32 Å². The van der Waals surface area contributed by atoms with E-state index in [9.17, 15) is 4.39 Å². The van der Waals surface area contributed by atoms with E-state index in [4.69, 9.17) is 17.5 Å². The van der Waals surface area contributed by atoms with E-state index in [-0.39, 0.29) is 11.9 Å². The summed E-state index contributed by atoms with van der Waals surface area (Å²) in [6, 6.07) is 15.9. The fourth-order valence-electron chi connectivity index (χ4n) is 2.00. The molecule has 0 saturated carbocycles. The van der Waals surface area contributed by atoms with Crippen LogP contribution >= 0.6 is 12.2 Å². The van der Waals surface area contributed by atoms with E-state index in [0.29, 0.717) is 11.5 Å². The van der Waals surface area contributed by atoms with Crippen LogP contribution in [0.5, 0.6) is 0 Å². The minimum atomic E-state index is -0.255. The van der Waals surface area contributed by atoms with Crippen LogP contribution in [0, 0.1) is 17.1 Å². The van der Waals surface area contributed by atoms with Gasteiger partial charge in [-0.1, -0.05) is 24.3 Å². The Morgan fingerprint density at radius 3 is 2.41 bits per heavy atom. The van der Waals surface area contributed by atoms with Gasteiger partial charge in [0, 0.05) is 5.69 Å². The van der Waals surface area contributed by atoms with Gasteiger partial charge < -0.3 is 10.6 Å². The highest BCUT2D eigenvalue weighted by Crippen LogP contribution is 2.14. The first-order valence-electron chi connectivity index (χ1n) is 6.87. The highest BCUT2D eigenvalue weighted by atomic mass is 32.1. The van der Waals surface area contributed by atoms with Gasteiger partial charge in [0.15, 0.2) is 5.11 Å². The number of rotatable bonds is 4. The molecule has 0 aliphatic rings. The van der Waals surface area contributed by atoms with Gasteiger partial charge in [0.05, 0.1) is 18.5 Å². The third-order valence-electron chi connectivity index (χ3n) is 3.21. The van der Waals surface area contributed by atoms with E-state index in [2.05, 4.69) is 16.7 Å². The predicted molar refractivity (Wildman–Crippen MR) is 89.9 cm³/mol. The van der Waals surface area contributed by atoms with Crippen LogP contribution in [0.3, 0.4) is 0 Å². The second-order valence-corrected chi connectivity index (χ2v) is 5.31. The Labute approximate surface area is 134 Å². The molecule has 1 unspecified atom stereocenters. The molecule has 0 spiro atoms. The summed E-state index contributed by atoms with van der Waals surface area (Å²) in [6.45, 7) is 1.96. The van der Waals surface area contributed by atoms with Crippen LogP contribution in [-0.2, 0) is 6.42 Å². The van der Waals surface area contributed by atoms with Gasteiger partial charge in [-0.25, -0.2) is 4.39 Å². The van der Waals surface area contributed by atoms with Crippen molar-refractivity contribution in [3.05, 3.63) is 65.5 Å². The lowest BCUT2D eigenvalue weighted by Crippen LogP contribution is -2.30. The van der Waals surface area contributed by atoms with Crippen molar-refractivity contribution in [1.29, 1.82) is 5.26 Å². The van der Waals surface area contributed by atoms with Crippen molar-refractivity contribution in [2.45, 2.75) is 19.4 Å². The molecule has 3 nitrogen and oxygen atoms in total. The first-order valence-corrected chi connectivity index (χ1v) is 7.28. The van der Waals surface area contributed by atoms with Crippen LogP contribution in [0.1, 0.15) is 24.1 Å². The molecule has 0 aromatic heterocycles. The molecule has 0 bridgehead atoms. The Bertz CT molecular complexity index is 675. The summed E-state index contributed by atoms with van der Waals surface area (Å²) in [7, 11) is 0. The van der Waals surface area contributed by atoms with E-state index in [1.165, 1.54) is 12.1 Å². The Hall–Kier alpha value is -2.45. The van der Waals surface area contributed by atoms with Crippen molar-refractivity contribution in [3.8, 4) is 6.07 Å². The molecule has 0 aliphatic heterocycles. The number of anilines is 1. The van der Waals surface area contributed by atoms with Crippen LogP contribution in [0.15, 0.2) is 48.5 Å². The first-order chi connectivity index (χ1) is 10.6. The molecular formula is C17H16FN3S. The lowest BCUT2D eigenvalue weighted by molar-refractivity contribution is 0.624. The minimum Gasteiger partial charge on any atom is -0.356 e. The number of benzene rings is 2. The maximum Gasteiger partial charge on any atom is 0.171 e. The molecule has 0 aliphatic carbocycles. The van der Waals surface area contributed by atoms with Crippen molar-refractivity contribution in [1.82, 2.24) is 5.32 Å². The van der Waals surface area contributed by atoms with Crippen molar-refractivity contribution in [2.24, 2.45) is 0 Å². The summed E-state index contributed by atoms with van der Waals surface area (Å²) in [4.78, 5) is 0. The molecule has 0 amide bonds. The van der Waals surface area contributed by atoms with Gasteiger partial charge in [-0.2, -0.15) is 5.26 Å². The molecule has 0 radical (unpaired) electrons. The van der Waals surface area contributed by atoms with Crippen LogP contribution in [0.25, 0.3) is 0 Å². The van der Waals surface area contributed by atoms with Gasteiger partial charge >= 0.3 is 0 Å². The number of halogens is 1. The number of nitrogens with one attached hydrogen (secondary N) is 2. The monoisotopic (exact) mass is 313 g/mol. The van der Waals surface area contributed by atoms with Crippen LogP contribution < -0.4 is 10.6 Å². The minimum absolute atomic E-state index is 0.0292. The standard InChI is InChI=1S/C17H16FN3S/c1-12(14-4-6-15(18)7-5-14)20-17(22)21-16-8-2-13(3-9-16)10-11-19/h2-9,12H,10H2,1H3,(H2,20,21,22). The number of nitriles is 1. The average Bonchev–Trinajstić information content (AvgIpc) is 2.50. The Balaban J connectivity index is 1.92. The van der Waals surface area contributed by atoms with Crippen molar-refractivity contribution >= 4 is 23.0 Å². The summed E-state index contributed by atoms with van der Waals surface area (Å²) in [6.07, 6.45) is 0.393. The lowest BCUT2D eigenvalue weighted by atomic mass is 10.1. The smallest absolute Gasteiger partial charge is 0.171 e. The third kappa shape index (κ3) is 4.54. The normalized spacial score (nSPS) is 11.3. The van der Waals surface area contributed by atoms with Crippen molar-refractivity contribution < 1.29 is 4.39 Å². The fourth-order valence-corrected chi connectivity index (χ4v) is 2.29. The van der Waals surface area contributed by atoms with Gasteiger partial charge in [0.1, 0.15) is 5.82 Å². The molecule has 1 atom stereocenters. The summed E-state index contributed by atoms with van der Waals surface area (Å²) in [5.41, 5.74) is 2.77. The quantitative estimate of drug-likeness (QED) is 0.839. The van der Waals surface area contributed by atoms with E-state index < -0.39 is 0 Å². The molecule has 2 N–H and O–H groups in total. The highest BCUT2D eigenvalue weighted by molar-refractivity contribution is 7.80. The second kappa shape index (κ2) is 7.53. The largest absolute Gasteiger partial charge is 0.356 e. The van der Waals surface area contributed by atoms with Gasteiger partial charge in [0.2, 0.25) is 0 Å². The maximum absolute atomic E-state index is 12.9. The molecule has 2 rings (SSSR count). The Morgan fingerprint density at radius 1 is 1.18 bits per heavy atom. The fraction of sp³-hybridized carbons (Fsp3) is 0.176. The zero-order valence-corrected chi connectivity index (χ0v) is 13.0. The topological polar surface area (TPSA) is 47.8 Å². The number of nitrogens with zero attached hydrogens (tertiary/aromatic N) is 1. The molecule has 2 aromatic rings. The summed E-state index contributed by atoms with van der Waals surface area (Å²) in [5, 5.41) is 15.4. The summed E-state index contributed by atoms with van der Waals surface area (Å²) < 4.78 is 12.9. The van der Waals surface area contributed by atoms with Gasteiger partial charge in [-0.05, 0) is 54.5 Å². The second-order valence-electron chi connectivity index (χ2n) is 4.90. The molecule has 0 fully saturated rings. The average molecular weight is 313 g/mol. The summed E-state index contributed by atoms with van der Waals surface area (Å²) >= 11 is 5.27. The number of hydrogen-bond acceptors (Lipinski definition) is 2. The highest BCUT2D eigenvalue weighted by Gasteiger charge is 2.07. The SMILES string of the molecule is CC(NC(=S)Nc1ccc(CC#N)cc1)c1ccc(F)cc1. The van der Waals surface area contributed by atoms with E-state index in [0.717, 1.165) is 16.8 Å². The maximum atomic E-state index is 12.9. The molecule has 5 heteroatoms. The molecular weight excluding hydrogens is 297 g/mol.